The lowest BCUT2D eigenvalue weighted by Crippen LogP contribution is -2.37. The minimum atomic E-state index is -0.000856. The summed E-state index contributed by atoms with van der Waals surface area (Å²) in [7, 11) is 0. The molecule has 25 heavy (non-hydrogen) atoms. The molecule has 2 bridgehead atoms. The van der Waals surface area contributed by atoms with E-state index >= 15 is 0 Å². The molecule has 130 valence electrons. The van der Waals surface area contributed by atoms with Crippen LogP contribution in [0.4, 0.5) is 0 Å². The second kappa shape index (κ2) is 6.82. The molecule has 2 saturated carbocycles. The van der Waals surface area contributed by atoms with E-state index in [0.29, 0.717) is 18.4 Å². The first kappa shape index (κ1) is 16.1. The van der Waals surface area contributed by atoms with E-state index in [1.165, 1.54) is 12.0 Å². The Hall–Kier alpha value is -2.43. The Morgan fingerprint density at radius 3 is 2.88 bits per heavy atom. The van der Waals surface area contributed by atoms with E-state index in [4.69, 9.17) is 4.98 Å². The van der Waals surface area contributed by atoms with Gasteiger partial charge in [-0.3, -0.25) is 9.89 Å². The van der Waals surface area contributed by atoms with Crippen molar-refractivity contribution in [2.24, 2.45) is 17.8 Å². The van der Waals surface area contributed by atoms with Crippen molar-refractivity contribution in [2.75, 3.05) is 6.54 Å². The van der Waals surface area contributed by atoms with Crippen LogP contribution in [-0.2, 0) is 11.2 Å². The maximum atomic E-state index is 12.7. The van der Waals surface area contributed by atoms with E-state index in [9.17, 15) is 4.79 Å². The second-order valence-electron chi connectivity index (χ2n) is 7.22. The molecule has 0 aliphatic heterocycles. The third-order valence-corrected chi connectivity index (χ3v) is 5.70. The molecule has 1 amide bonds. The Morgan fingerprint density at radius 2 is 2.08 bits per heavy atom. The van der Waals surface area contributed by atoms with Crippen molar-refractivity contribution >= 4 is 5.91 Å². The van der Waals surface area contributed by atoms with Crippen molar-refractivity contribution in [1.82, 2.24) is 20.5 Å². The molecule has 4 rings (SSSR count). The lowest BCUT2D eigenvalue weighted by molar-refractivity contribution is -0.127. The van der Waals surface area contributed by atoms with E-state index in [0.717, 1.165) is 30.9 Å². The largest absolute Gasteiger partial charge is 0.352 e. The zero-order valence-corrected chi connectivity index (χ0v) is 14.3. The quantitative estimate of drug-likeness (QED) is 0.797. The van der Waals surface area contributed by atoms with Gasteiger partial charge in [-0.15, -0.1) is 6.58 Å². The maximum Gasteiger partial charge on any atom is 0.224 e. The standard InChI is InChI=1S/C20H24N4O/c1-2-10-21-20(25)18-15-9-8-14(12-15)17(18)19-22-16(23-24-19)11-13-6-4-3-5-7-13/h2-7,14-15,17-18H,1,8-12H2,(H,21,25)(H,22,23,24)/t14-,15-,17+,18-/m0/s1. The van der Waals surface area contributed by atoms with Crippen molar-refractivity contribution in [3.8, 4) is 0 Å². The Morgan fingerprint density at radius 1 is 1.28 bits per heavy atom. The Bertz CT molecular complexity index is 754. The van der Waals surface area contributed by atoms with Crippen LogP contribution in [0, 0.1) is 17.8 Å². The number of aromatic nitrogens is 3. The number of carbonyl (C=O) groups is 1. The first-order chi connectivity index (χ1) is 12.3. The Balaban J connectivity index is 1.53. The summed E-state index contributed by atoms with van der Waals surface area (Å²) in [6.45, 7) is 4.20. The molecule has 0 saturated heterocycles. The molecule has 2 aromatic rings. The fourth-order valence-electron chi connectivity index (χ4n) is 4.66. The van der Waals surface area contributed by atoms with Crippen molar-refractivity contribution in [2.45, 2.75) is 31.6 Å². The summed E-state index contributed by atoms with van der Waals surface area (Å²) in [5.41, 5.74) is 1.21. The van der Waals surface area contributed by atoms with Gasteiger partial charge in [0.25, 0.3) is 0 Å². The van der Waals surface area contributed by atoms with Gasteiger partial charge in [-0.1, -0.05) is 36.4 Å². The second-order valence-corrected chi connectivity index (χ2v) is 7.22. The van der Waals surface area contributed by atoms with Gasteiger partial charge in [-0.25, -0.2) is 4.98 Å². The number of nitrogens with one attached hydrogen (secondary N) is 2. The zero-order chi connectivity index (χ0) is 17.2. The summed E-state index contributed by atoms with van der Waals surface area (Å²) in [6.07, 6.45) is 5.92. The highest BCUT2D eigenvalue weighted by Crippen LogP contribution is 2.56. The average Bonchev–Trinajstić information content (AvgIpc) is 3.36. The van der Waals surface area contributed by atoms with Gasteiger partial charge < -0.3 is 5.32 Å². The van der Waals surface area contributed by atoms with Gasteiger partial charge in [0.15, 0.2) is 5.82 Å². The minimum absolute atomic E-state index is 0.000856. The topological polar surface area (TPSA) is 70.7 Å². The van der Waals surface area contributed by atoms with E-state index in [1.54, 1.807) is 6.08 Å². The first-order valence-corrected chi connectivity index (χ1v) is 9.10. The van der Waals surface area contributed by atoms with Crippen LogP contribution in [-0.4, -0.2) is 27.6 Å². The molecule has 1 aromatic heterocycles. The SMILES string of the molecule is C=CCNC(=O)[C@H]1[C@H]2CC[C@@H](C2)[C@H]1c1n[nH]c(Cc2ccccc2)n1. The van der Waals surface area contributed by atoms with Gasteiger partial charge in [0.1, 0.15) is 5.82 Å². The predicted molar refractivity (Wildman–Crippen MR) is 95.9 cm³/mol. The van der Waals surface area contributed by atoms with Crippen molar-refractivity contribution in [3.05, 3.63) is 60.2 Å². The lowest BCUT2D eigenvalue weighted by Gasteiger charge is -2.28. The molecule has 1 heterocycles. The molecule has 4 atom stereocenters. The molecule has 2 N–H and O–H groups in total. The van der Waals surface area contributed by atoms with Crippen molar-refractivity contribution in [1.29, 1.82) is 0 Å². The number of amides is 1. The predicted octanol–water partition coefficient (Wildman–Crippen LogP) is 2.83. The number of fused-ring (bicyclic) bond motifs is 2. The molecular weight excluding hydrogens is 312 g/mol. The summed E-state index contributed by atoms with van der Waals surface area (Å²) in [5.74, 6) is 2.96. The van der Waals surface area contributed by atoms with Gasteiger partial charge in [-0.2, -0.15) is 5.10 Å². The molecule has 5 nitrogen and oxygen atoms in total. The summed E-state index contributed by atoms with van der Waals surface area (Å²) < 4.78 is 0. The van der Waals surface area contributed by atoms with E-state index in [2.05, 4.69) is 34.2 Å². The third kappa shape index (κ3) is 3.11. The van der Waals surface area contributed by atoms with Gasteiger partial charge in [0, 0.05) is 18.9 Å². The van der Waals surface area contributed by atoms with Gasteiger partial charge in [0.05, 0.1) is 5.92 Å². The van der Waals surface area contributed by atoms with Crippen LogP contribution >= 0.6 is 0 Å². The number of H-pyrrole nitrogens is 1. The van der Waals surface area contributed by atoms with Crippen LogP contribution in [0.15, 0.2) is 43.0 Å². The fraction of sp³-hybridized carbons (Fsp3) is 0.450. The number of carbonyl (C=O) groups excluding carboxylic acids is 1. The summed E-state index contributed by atoms with van der Waals surface area (Å²) in [5, 5.41) is 10.6. The summed E-state index contributed by atoms with van der Waals surface area (Å²) in [6, 6.07) is 10.2. The van der Waals surface area contributed by atoms with E-state index in [1.807, 2.05) is 18.2 Å². The van der Waals surface area contributed by atoms with Gasteiger partial charge in [0.2, 0.25) is 5.91 Å². The molecule has 2 fully saturated rings. The molecule has 1 aromatic carbocycles. The molecule has 2 aliphatic carbocycles. The van der Waals surface area contributed by atoms with Gasteiger partial charge >= 0.3 is 0 Å². The van der Waals surface area contributed by atoms with Crippen LogP contribution in [0.25, 0.3) is 0 Å². The number of hydrogen-bond donors (Lipinski definition) is 2. The number of nitrogens with zero attached hydrogens (tertiary/aromatic N) is 2. The minimum Gasteiger partial charge on any atom is -0.352 e. The molecule has 0 unspecified atom stereocenters. The average molecular weight is 336 g/mol. The molecular formula is C20H24N4O. The summed E-state index contributed by atoms with van der Waals surface area (Å²) in [4.78, 5) is 17.4. The fourth-order valence-corrected chi connectivity index (χ4v) is 4.66. The molecule has 0 radical (unpaired) electrons. The first-order valence-electron chi connectivity index (χ1n) is 9.10. The van der Waals surface area contributed by atoms with Gasteiger partial charge in [-0.05, 0) is 36.7 Å². The Kier molecular flexibility index (Phi) is 4.38. The number of rotatable bonds is 6. The Labute approximate surface area is 147 Å². The highest BCUT2D eigenvalue weighted by molar-refractivity contribution is 5.80. The van der Waals surface area contributed by atoms with Crippen molar-refractivity contribution in [3.63, 3.8) is 0 Å². The number of hydrogen-bond acceptors (Lipinski definition) is 3. The monoisotopic (exact) mass is 336 g/mol. The van der Waals surface area contributed by atoms with Crippen LogP contribution < -0.4 is 5.32 Å². The van der Waals surface area contributed by atoms with Crippen LogP contribution in [0.3, 0.4) is 0 Å². The molecule has 5 heteroatoms. The summed E-state index contributed by atoms with van der Waals surface area (Å²) >= 11 is 0. The number of aromatic amines is 1. The van der Waals surface area contributed by atoms with Crippen LogP contribution in [0.5, 0.6) is 0 Å². The highest BCUT2D eigenvalue weighted by Gasteiger charge is 2.52. The smallest absolute Gasteiger partial charge is 0.224 e. The molecule has 0 spiro atoms. The van der Waals surface area contributed by atoms with E-state index in [-0.39, 0.29) is 17.7 Å². The van der Waals surface area contributed by atoms with Crippen LogP contribution in [0.2, 0.25) is 0 Å². The number of benzene rings is 1. The zero-order valence-electron chi connectivity index (χ0n) is 14.3. The normalized spacial score (nSPS) is 27.4. The van der Waals surface area contributed by atoms with E-state index < -0.39 is 0 Å². The maximum absolute atomic E-state index is 12.7. The highest BCUT2D eigenvalue weighted by atomic mass is 16.1. The lowest BCUT2D eigenvalue weighted by atomic mass is 9.78. The van der Waals surface area contributed by atoms with Crippen LogP contribution in [0.1, 0.15) is 42.4 Å². The third-order valence-electron chi connectivity index (χ3n) is 5.70. The van der Waals surface area contributed by atoms with Crippen molar-refractivity contribution < 1.29 is 4.79 Å². The molecule has 2 aliphatic rings.